The largest absolute Gasteiger partial charge is 0.493 e. The summed E-state index contributed by atoms with van der Waals surface area (Å²) in [5.74, 6) is 0.589. The predicted molar refractivity (Wildman–Crippen MR) is 328 cm³/mol. The summed E-state index contributed by atoms with van der Waals surface area (Å²) in [6, 6.07) is 17.9. The average molecular weight is 1130 g/mol. The minimum Gasteiger partial charge on any atom is -0.493 e. The van der Waals surface area contributed by atoms with E-state index < -0.39 is 22.9 Å². The van der Waals surface area contributed by atoms with Crippen LogP contribution in [-0.4, -0.2) is 67.1 Å². The molecule has 2 N–H and O–H groups in total. The number of aromatic nitrogens is 2. The topological polar surface area (TPSA) is 222 Å². The zero-order valence-corrected chi connectivity index (χ0v) is 51.3. The first-order valence-electron chi connectivity index (χ1n) is 30.9. The number of hydrogen-bond donors (Lipinski definition) is 2. The molecule has 82 heavy (non-hydrogen) atoms. The molecule has 0 bridgehead atoms. The second-order valence-electron chi connectivity index (χ2n) is 22.5. The van der Waals surface area contributed by atoms with Crippen LogP contribution < -0.4 is 11.1 Å². The molecule has 4 atom stereocenters. The van der Waals surface area contributed by atoms with Crippen LogP contribution in [-0.2, 0) is 13.1 Å². The number of nitrogens with zero attached hydrogens (tertiary/aromatic N) is 10. The summed E-state index contributed by atoms with van der Waals surface area (Å²) >= 11 is 0. The van der Waals surface area contributed by atoms with Gasteiger partial charge < -0.3 is 20.0 Å². The Morgan fingerprint density at radius 1 is 0.500 bits per heavy atom. The van der Waals surface area contributed by atoms with Crippen LogP contribution in [0.25, 0.3) is 0 Å². The molecule has 2 aromatic carbocycles. The minimum absolute atomic E-state index is 0.0298. The maximum absolute atomic E-state index is 14.3. The summed E-state index contributed by atoms with van der Waals surface area (Å²) in [6.45, 7) is 23.4. The van der Waals surface area contributed by atoms with E-state index in [0.717, 1.165) is 112 Å². The Morgan fingerprint density at radius 2 is 0.817 bits per heavy atom. The fourth-order valence-corrected chi connectivity index (χ4v) is 10.8. The molecule has 2 heterocycles. The number of carbonyl (C=O) groups is 2. The Morgan fingerprint density at radius 3 is 1.10 bits per heavy atom. The fourth-order valence-electron chi connectivity index (χ4n) is 10.8. The Hall–Kier alpha value is -6.94. The van der Waals surface area contributed by atoms with Gasteiger partial charge in [0.2, 0.25) is 11.8 Å². The van der Waals surface area contributed by atoms with E-state index in [1.54, 1.807) is 48.5 Å². The molecule has 0 saturated carbocycles. The molecule has 0 saturated heterocycles. The van der Waals surface area contributed by atoms with Crippen molar-refractivity contribution in [1.82, 2.24) is 18.9 Å². The van der Waals surface area contributed by atoms with Gasteiger partial charge in [-0.1, -0.05) is 157 Å². The van der Waals surface area contributed by atoms with Crippen LogP contribution in [0.2, 0.25) is 0 Å². The molecule has 4 unspecified atom stereocenters. The van der Waals surface area contributed by atoms with Gasteiger partial charge in [-0.15, -0.1) is 10.2 Å². The maximum atomic E-state index is 14.3. The van der Waals surface area contributed by atoms with E-state index in [1.807, 2.05) is 21.9 Å². The van der Waals surface area contributed by atoms with Crippen LogP contribution in [0.15, 0.2) is 78.6 Å². The van der Waals surface area contributed by atoms with Gasteiger partial charge in [-0.2, -0.15) is 20.8 Å². The second-order valence-corrected chi connectivity index (χ2v) is 22.5. The average Bonchev–Trinajstić information content (AvgIpc) is 3.64. The molecular weight excluding hydrogens is 1030 g/mol. The summed E-state index contributed by atoms with van der Waals surface area (Å²) in [4.78, 5) is 59.8. The van der Waals surface area contributed by atoms with Crippen molar-refractivity contribution in [3.63, 3.8) is 0 Å². The van der Waals surface area contributed by atoms with Crippen LogP contribution >= 0.6 is 0 Å². The molecule has 4 aromatic rings. The van der Waals surface area contributed by atoms with Gasteiger partial charge in [0.05, 0.1) is 11.4 Å². The number of unbranched alkanes of at least 4 members (excludes halogenated alkanes) is 7. The molecule has 0 fully saturated rings. The summed E-state index contributed by atoms with van der Waals surface area (Å²) in [6.07, 6.45) is 19.0. The van der Waals surface area contributed by atoms with Crippen molar-refractivity contribution in [2.75, 3.05) is 26.2 Å². The van der Waals surface area contributed by atoms with Crippen molar-refractivity contribution in [3.05, 3.63) is 103 Å². The van der Waals surface area contributed by atoms with Crippen LogP contribution in [0.4, 0.5) is 22.7 Å². The molecule has 0 radical (unpaired) electrons. The molecule has 0 aliphatic heterocycles. The van der Waals surface area contributed by atoms with E-state index in [1.165, 1.54) is 13.8 Å². The van der Waals surface area contributed by atoms with E-state index in [2.05, 4.69) is 75.8 Å². The Balaban J connectivity index is 1.51. The molecule has 0 aliphatic rings. The summed E-state index contributed by atoms with van der Waals surface area (Å²) in [5, 5.41) is 60.8. The van der Waals surface area contributed by atoms with Crippen molar-refractivity contribution in [1.29, 1.82) is 10.5 Å². The first-order chi connectivity index (χ1) is 39.6. The van der Waals surface area contributed by atoms with Crippen molar-refractivity contribution in [2.45, 2.75) is 211 Å². The molecule has 0 aliphatic carbocycles. The SMILES string of the molecule is CCCCC(CC)CN(CC(CC)CCCC)C(=O)c1cccc(/N=N/c2c(C)c(C#N)c(=O)n(CCCCCCn3c(O)c(/N=N/c4cccc(C(=O)N(CC(CC)CCCC)CC(CC)CCCC)c4)c(C)c(C#N)c3=O)c2O)c1. The highest BCUT2D eigenvalue weighted by Gasteiger charge is 2.26. The number of benzene rings is 2. The molecule has 16 nitrogen and oxygen atoms in total. The highest BCUT2D eigenvalue weighted by atomic mass is 16.3. The van der Waals surface area contributed by atoms with Crippen molar-refractivity contribution >= 4 is 34.6 Å². The van der Waals surface area contributed by atoms with Gasteiger partial charge in [0.1, 0.15) is 23.3 Å². The number of pyridine rings is 2. The normalized spacial score (nSPS) is 13.0. The highest BCUT2D eigenvalue weighted by molar-refractivity contribution is 5.95. The van der Waals surface area contributed by atoms with Gasteiger partial charge in [-0.25, -0.2) is 0 Å². The standard InChI is InChI=1S/C66H96N10O6/c1-11-19-29-49(15-5)43-73(44-50(16-6)30-20-12-2)61(77)53-33-27-35-55(39-53)69-71-59-47(9)57(41-67)63(79)75(65(59)81)37-25-23-24-26-38-76-64(80)58(42-68)48(10)60(66(76)82)72-70-56-36-28-34-54(40-56)62(78)74(45-51(17-7)31-21-13-3)46-52(18-8)32-22-14-4/h27-28,33-36,39-40,49-52,81-82H,11-26,29-32,37-38,43-46H2,1-10H3/b71-69+,72-70+. The lowest BCUT2D eigenvalue weighted by Crippen LogP contribution is -2.39. The summed E-state index contributed by atoms with van der Waals surface area (Å²) in [7, 11) is 0. The van der Waals surface area contributed by atoms with Gasteiger partial charge >= 0.3 is 0 Å². The lowest BCUT2D eigenvalue weighted by molar-refractivity contribution is 0.0678. The molecule has 446 valence electrons. The van der Waals surface area contributed by atoms with Crippen LogP contribution in [0.1, 0.15) is 227 Å². The minimum atomic E-state index is -0.661. The Labute approximate surface area is 489 Å². The molecule has 2 aromatic heterocycles. The monoisotopic (exact) mass is 1120 g/mol. The number of hydrogen-bond acceptors (Lipinski definition) is 12. The van der Waals surface area contributed by atoms with Crippen molar-refractivity contribution < 1.29 is 19.8 Å². The fraction of sp³-hybridized carbons (Fsp3) is 0.606. The Bertz CT molecular complexity index is 2710. The third kappa shape index (κ3) is 19.3. The summed E-state index contributed by atoms with van der Waals surface area (Å²) < 4.78 is 2.23. The van der Waals surface area contributed by atoms with E-state index in [9.17, 15) is 39.9 Å². The van der Waals surface area contributed by atoms with Crippen molar-refractivity contribution in [3.8, 4) is 23.9 Å². The smallest absolute Gasteiger partial charge is 0.271 e. The molecule has 4 rings (SSSR count). The van der Waals surface area contributed by atoms with E-state index in [4.69, 9.17) is 0 Å². The molecular formula is C66H96N10O6. The predicted octanol–water partition coefficient (Wildman–Crippen LogP) is 16.6. The summed E-state index contributed by atoms with van der Waals surface area (Å²) in [5.41, 5.74) is 0.362. The van der Waals surface area contributed by atoms with Gasteiger partial charge in [-0.05, 0) is 112 Å². The molecule has 0 spiro atoms. The lowest BCUT2D eigenvalue weighted by atomic mass is 9.95. The zero-order valence-electron chi connectivity index (χ0n) is 51.3. The zero-order chi connectivity index (χ0) is 60.1. The molecule has 16 heteroatoms. The van der Waals surface area contributed by atoms with Crippen LogP contribution in [0.3, 0.4) is 0 Å². The van der Waals surface area contributed by atoms with Gasteiger partial charge in [0.25, 0.3) is 22.9 Å². The van der Waals surface area contributed by atoms with Crippen molar-refractivity contribution in [2.24, 2.45) is 44.1 Å². The van der Waals surface area contributed by atoms with Gasteiger partial charge in [0, 0.05) is 61.5 Å². The van der Waals surface area contributed by atoms with Gasteiger partial charge in [-0.3, -0.25) is 28.3 Å². The number of amides is 2. The number of carbonyl (C=O) groups excluding carboxylic acids is 2. The number of azo groups is 2. The van der Waals surface area contributed by atoms with Crippen LogP contribution in [0.5, 0.6) is 11.8 Å². The van der Waals surface area contributed by atoms with E-state index in [-0.39, 0.29) is 58.5 Å². The number of aromatic hydroxyl groups is 2. The first-order valence-corrected chi connectivity index (χ1v) is 30.9. The van der Waals surface area contributed by atoms with Crippen LogP contribution in [0, 0.1) is 60.2 Å². The number of rotatable bonds is 37. The maximum Gasteiger partial charge on any atom is 0.271 e. The third-order valence-electron chi connectivity index (χ3n) is 16.4. The molecule has 2 amide bonds. The van der Waals surface area contributed by atoms with E-state index in [0.29, 0.717) is 98.0 Å². The second kappa shape index (κ2) is 35.8. The third-order valence-corrected chi connectivity index (χ3v) is 16.4. The first kappa shape index (κ1) is 67.6. The highest BCUT2D eigenvalue weighted by Crippen LogP contribution is 2.35. The lowest BCUT2D eigenvalue weighted by Gasteiger charge is -2.31. The Kier molecular flexibility index (Phi) is 29.5. The number of nitriles is 2. The van der Waals surface area contributed by atoms with Gasteiger partial charge in [0.15, 0.2) is 11.4 Å². The van der Waals surface area contributed by atoms with E-state index >= 15 is 0 Å². The quantitative estimate of drug-likeness (QED) is 0.0326.